The molecule has 3 heterocycles. The van der Waals surface area contributed by atoms with E-state index in [1.165, 1.54) is 10.3 Å². The zero-order valence-corrected chi connectivity index (χ0v) is 21.7. The number of fused-ring (bicyclic) bond motifs is 1. The molecule has 7 nitrogen and oxygen atoms in total. The summed E-state index contributed by atoms with van der Waals surface area (Å²) in [6, 6.07) is 4.37. The molecule has 4 rings (SSSR count). The number of aryl methyl sites for hydroxylation is 1. The number of rotatable bonds is 11. The Hall–Kier alpha value is -3.97. The summed E-state index contributed by atoms with van der Waals surface area (Å²) in [5, 5.41) is 0. The van der Waals surface area contributed by atoms with Gasteiger partial charge in [0.05, 0.1) is 41.8 Å². The highest BCUT2D eigenvalue weighted by molar-refractivity contribution is 5.59. The Kier molecular flexibility index (Phi) is 8.69. The molecule has 7 heteroatoms. The fourth-order valence-corrected chi connectivity index (χ4v) is 4.82. The second-order valence-electron chi connectivity index (χ2n) is 8.98. The van der Waals surface area contributed by atoms with Gasteiger partial charge in [-0.1, -0.05) is 49.6 Å². The molecule has 3 aromatic heterocycles. The van der Waals surface area contributed by atoms with Gasteiger partial charge in [0.2, 0.25) is 0 Å². The maximum Gasteiger partial charge on any atom is 0.290 e. The SMILES string of the molecule is C=Cc1nc(CN(C/C=C/Cn2oc(/C=C\C)c(C=C)c2=O)C2CCCc3cccnc32)[nH]c1/C=C\C. The Morgan fingerprint density at radius 2 is 2.05 bits per heavy atom. The van der Waals surface area contributed by atoms with Gasteiger partial charge in [-0.2, -0.15) is 4.74 Å². The summed E-state index contributed by atoms with van der Waals surface area (Å²) in [6.45, 7) is 13.2. The standard InChI is InChI=1S/C30H35N5O2/c1-5-13-25-24(8-4)32-28(33-25)21-34(26-17-11-15-22-16-12-18-31-29(22)26)19-9-10-20-35-30(36)23(7-3)27(37-35)14-6-2/h5-10,12-14,16,18,26H,3-4,11,15,17,19-21H2,1-2H3,(H,32,33)/b10-9+,13-5-,14-6-. The van der Waals surface area contributed by atoms with Crippen LogP contribution in [-0.2, 0) is 19.5 Å². The Balaban J connectivity index is 1.58. The molecule has 37 heavy (non-hydrogen) atoms. The fourth-order valence-electron chi connectivity index (χ4n) is 4.82. The van der Waals surface area contributed by atoms with Gasteiger partial charge in [-0.25, -0.2) is 4.98 Å². The predicted molar refractivity (Wildman–Crippen MR) is 151 cm³/mol. The topological polar surface area (TPSA) is 79.9 Å². The number of nitrogens with zero attached hydrogens (tertiary/aromatic N) is 4. The lowest BCUT2D eigenvalue weighted by atomic mass is 9.90. The van der Waals surface area contributed by atoms with Gasteiger partial charge in [0.25, 0.3) is 5.56 Å². The van der Waals surface area contributed by atoms with E-state index in [2.05, 4.69) is 35.2 Å². The first-order valence-electron chi connectivity index (χ1n) is 12.8. The van der Waals surface area contributed by atoms with Crippen LogP contribution in [0.4, 0.5) is 0 Å². The molecule has 0 bridgehead atoms. The third kappa shape index (κ3) is 5.89. The van der Waals surface area contributed by atoms with E-state index in [1.54, 1.807) is 18.2 Å². The van der Waals surface area contributed by atoms with Crippen LogP contribution in [0.1, 0.15) is 72.5 Å². The van der Waals surface area contributed by atoms with Gasteiger partial charge in [-0.15, -0.1) is 0 Å². The second kappa shape index (κ2) is 12.3. The molecule has 1 atom stereocenters. The Bertz CT molecular complexity index is 1390. The Labute approximate surface area is 218 Å². The summed E-state index contributed by atoms with van der Waals surface area (Å²) in [5.74, 6) is 1.41. The molecule has 1 N–H and O–H groups in total. The number of aromatic nitrogens is 4. The van der Waals surface area contributed by atoms with Gasteiger partial charge < -0.3 is 9.51 Å². The Morgan fingerprint density at radius 3 is 2.81 bits per heavy atom. The molecule has 1 aliphatic carbocycles. The number of hydrogen-bond donors (Lipinski definition) is 1. The van der Waals surface area contributed by atoms with Gasteiger partial charge in [0, 0.05) is 12.7 Å². The van der Waals surface area contributed by atoms with Crippen LogP contribution in [0, 0.1) is 0 Å². The maximum atomic E-state index is 12.7. The van der Waals surface area contributed by atoms with Gasteiger partial charge in [-0.05, 0) is 63.0 Å². The smallest absolute Gasteiger partial charge is 0.290 e. The molecule has 0 spiro atoms. The normalized spacial score (nSPS) is 15.8. The lowest BCUT2D eigenvalue weighted by molar-refractivity contribution is 0.181. The molecule has 1 unspecified atom stereocenters. The predicted octanol–water partition coefficient (Wildman–Crippen LogP) is 6.05. The number of H-pyrrole nitrogens is 1. The minimum Gasteiger partial charge on any atom is -0.375 e. The quantitative estimate of drug-likeness (QED) is 0.326. The van der Waals surface area contributed by atoms with Crippen molar-refractivity contribution < 1.29 is 4.52 Å². The van der Waals surface area contributed by atoms with Gasteiger partial charge >= 0.3 is 0 Å². The van der Waals surface area contributed by atoms with E-state index in [9.17, 15) is 4.79 Å². The lowest BCUT2D eigenvalue weighted by Gasteiger charge is -2.34. The fraction of sp³-hybridized carbons (Fsp3) is 0.300. The summed E-state index contributed by atoms with van der Waals surface area (Å²) in [6.07, 6.45) is 20.1. The molecule has 0 amide bonds. The zero-order valence-electron chi connectivity index (χ0n) is 21.7. The first kappa shape index (κ1) is 26.1. The molecular weight excluding hydrogens is 462 g/mol. The van der Waals surface area contributed by atoms with Crippen molar-refractivity contribution in [3.8, 4) is 0 Å². The molecule has 192 valence electrons. The first-order valence-corrected chi connectivity index (χ1v) is 12.8. The van der Waals surface area contributed by atoms with Crippen LogP contribution in [0.3, 0.4) is 0 Å². The highest BCUT2D eigenvalue weighted by atomic mass is 16.5. The molecule has 0 aliphatic heterocycles. The third-order valence-corrected chi connectivity index (χ3v) is 6.53. The van der Waals surface area contributed by atoms with Crippen molar-refractivity contribution in [1.29, 1.82) is 0 Å². The Morgan fingerprint density at radius 1 is 1.22 bits per heavy atom. The van der Waals surface area contributed by atoms with Crippen LogP contribution in [0.25, 0.3) is 24.3 Å². The average molecular weight is 498 g/mol. The van der Waals surface area contributed by atoms with E-state index in [4.69, 9.17) is 14.5 Å². The molecule has 0 saturated heterocycles. The van der Waals surface area contributed by atoms with Crippen molar-refractivity contribution in [2.45, 2.75) is 52.2 Å². The van der Waals surface area contributed by atoms with Crippen molar-refractivity contribution in [3.05, 3.63) is 106 Å². The van der Waals surface area contributed by atoms with Crippen LogP contribution in [-0.4, -0.2) is 31.1 Å². The maximum absolute atomic E-state index is 12.7. The summed E-state index contributed by atoms with van der Waals surface area (Å²) in [4.78, 5) is 28.0. The van der Waals surface area contributed by atoms with E-state index in [1.807, 2.05) is 50.4 Å². The summed E-state index contributed by atoms with van der Waals surface area (Å²) >= 11 is 0. The van der Waals surface area contributed by atoms with E-state index >= 15 is 0 Å². The van der Waals surface area contributed by atoms with Crippen molar-refractivity contribution in [3.63, 3.8) is 0 Å². The van der Waals surface area contributed by atoms with E-state index in [0.717, 1.165) is 42.2 Å². The lowest BCUT2D eigenvalue weighted by Crippen LogP contribution is -2.32. The monoisotopic (exact) mass is 497 g/mol. The van der Waals surface area contributed by atoms with Crippen LogP contribution in [0.2, 0.25) is 0 Å². The summed E-state index contributed by atoms with van der Waals surface area (Å²) in [7, 11) is 0. The average Bonchev–Trinajstić information content (AvgIpc) is 3.44. The van der Waals surface area contributed by atoms with Crippen LogP contribution < -0.4 is 5.56 Å². The number of nitrogens with one attached hydrogen (secondary N) is 1. The molecule has 1 aliphatic rings. The van der Waals surface area contributed by atoms with Crippen LogP contribution in [0.5, 0.6) is 0 Å². The van der Waals surface area contributed by atoms with Gasteiger partial charge in [0.15, 0.2) is 5.76 Å². The number of imidazole rings is 1. The number of aromatic amines is 1. The molecule has 0 fully saturated rings. The molecular formula is C30H35N5O2. The largest absolute Gasteiger partial charge is 0.375 e. The molecule has 3 aromatic rings. The number of allylic oxidation sites excluding steroid dienone is 3. The third-order valence-electron chi connectivity index (χ3n) is 6.53. The highest BCUT2D eigenvalue weighted by Crippen LogP contribution is 2.33. The minimum atomic E-state index is -0.181. The van der Waals surface area contributed by atoms with E-state index in [0.29, 0.717) is 31.0 Å². The summed E-state index contributed by atoms with van der Waals surface area (Å²) < 4.78 is 7.09. The van der Waals surface area contributed by atoms with Crippen molar-refractivity contribution >= 4 is 24.3 Å². The van der Waals surface area contributed by atoms with Gasteiger partial charge in [-0.3, -0.25) is 14.7 Å². The molecule has 0 saturated carbocycles. The second-order valence-corrected chi connectivity index (χ2v) is 8.98. The van der Waals surface area contributed by atoms with Crippen molar-refractivity contribution in [2.75, 3.05) is 6.54 Å². The summed E-state index contributed by atoms with van der Waals surface area (Å²) in [5.41, 5.74) is 4.55. The van der Waals surface area contributed by atoms with E-state index < -0.39 is 0 Å². The van der Waals surface area contributed by atoms with Crippen LogP contribution >= 0.6 is 0 Å². The van der Waals surface area contributed by atoms with Crippen molar-refractivity contribution in [2.24, 2.45) is 0 Å². The highest BCUT2D eigenvalue weighted by Gasteiger charge is 2.27. The first-order chi connectivity index (χ1) is 18.1. The van der Waals surface area contributed by atoms with Gasteiger partial charge in [0.1, 0.15) is 5.82 Å². The number of pyridine rings is 1. The van der Waals surface area contributed by atoms with E-state index in [-0.39, 0.29) is 11.6 Å². The van der Waals surface area contributed by atoms with Crippen LogP contribution in [0.15, 0.2) is 65.1 Å². The molecule has 0 aromatic carbocycles. The zero-order chi connectivity index (χ0) is 26.2. The number of hydrogen-bond acceptors (Lipinski definition) is 5. The van der Waals surface area contributed by atoms with Crippen molar-refractivity contribution in [1.82, 2.24) is 24.6 Å². The molecule has 0 radical (unpaired) electrons. The minimum absolute atomic E-state index is 0.178.